The largest absolute Gasteiger partial charge is 0.497 e. The number of benzene rings is 1. The predicted octanol–water partition coefficient (Wildman–Crippen LogP) is 2.06. The number of aldehydes is 1. The number of carbonyl (C=O) groups excluding carboxylic acids is 2. The lowest BCUT2D eigenvalue weighted by Crippen LogP contribution is -2.47. The van der Waals surface area contributed by atoms with Crippen molar-refractivity contribution < 1.29 is 19.1 Å². The van der Waals surface area contributed by atoms with Crippen LogP contribution in [0.3, 0.4) is 0 Å². The van der Waals surface area contributed by atoms with Crippen LogP contribution in [0.2, 0.25) is 0 Å². The topological polar surface area (TPSA) is 79.6 Å². The first-order chi connectivity index (χ1) is 11.6. The average Bonchev–Trinajstić information content (AvgIpc) is 2.61. The lowest BCUT2D eigenvalue weighted by atomic mass is 9.89. The van der Waals surface area contributed by atoms with Crippen LogP contribution < -0.4 is 4.74 Å². The van der Waals surface area contributed by atoms with Crippen LogP contribution in [0.5, 0.6) is 5.75 Å². The average molecular weight is 328 g/mol. The smallest absolute Gasteiger partial charge is 0.329 e. The van der Waals surface area contributed by atoms with E-state index in [4.69, 9.17) is 9.47 Å². The lowest BCUT2D eigenvalue weighted by molar-refractivity contribution is -0.152. The van der Waals surface area contributed by atoms with Gasteiger partial charge in [-0.3, -0.25) is 0 Å². The Balaban J connectivity index is 2.34. The maximum absolute atomic E-state index is 12.3. The lowest BCUT2D eigenvalue weighted by Gasteiger charge is -2.36. The summed E-state index contributed by atoms with van der Waals surface area (Å²) in [5, 5.41) is 9.20. The fourth-order valence-electron chi connectivity index (χ4n) is 2.81. The number of rotatable bonds is 6. The fraction of sp³-hybridized carbons (Fsp3) is 0.389. The molecule has 0 radical (unpaired) electrons. The molecule has 6 nitrogen and oxygen atoms in total. The third-order valence-electron chi connectivity index (χ3n) is 3.89. The molecule has 1 aromatic carbocycles. The van der Waals surface area contributed by atoms with Gasteiger partial charge in [-0.05, 0) is 31.0 Å². The zero-order valence-electron chi connectivity index (χ0n) is 13.8. The minimum absolute atomic E-state index is 0.239. The van der Waals surface area contributed by atoms with Gasteiger partial charge in [-0.1, -0.05) is 12.1 Å². The van der Waals surface area contributed by atoms with Crippen LogP contribution in [0.25, 0.3) is 0 Å². The summed E-state index contributed by atoms with van der Waals surface area (Å²) in [6.07, 6.45) is 2.61. The summed E-state index contributed by atoms with van der Waals surface area (Å²) in [5.74, 6) is -0.353. The molecule has 0 fully saturated rings. The Labute approximate surface area is 141 Å². The Bertz CT molecular complexity index is 678. The van der Waals surface area contributed by atoms with E-state index in [1.807, 2.05) is 24.3 Å². The van der Waals surface area contributed by atoms with Crippen LogP contribution in [0.4, 0.5) is 0 Å². The van der Waals surface area contributed by atoms with Crippen molar-refractivity contribution in [1.29, 1.82) is 5.26 Å². The SMILES string of the molecule is CCOC(=O)[C@@H]1[C@@H](C=O)CC(C#N)=CN1Cc1cccc(OC)c1. The number of nitrogens with zero attached hydrogens (tertiary/aromatic N) is 2. The molecule has 0 N–H and O–H groups in total. The summed E-state index contributed by atoms with van der Waals surface area (Å²) in [6.45, 7) is 2.33. The minimum Gasteiger partial charge on any atom is -0.497 e. The van der Waals surface area contributed by atoms with E-state index in [1.54, 1.807) is 25.1 Å². The van der Waals surface area contributed by atoms with Crippen molar-refractivity contribution >= 4 is 12.3 Å². The molecular weight excluding hydrogens is 308 g/mol. The maximum Gasteiger partial charge on any atom is 0.329 e. The monoisotopic (exact) mass is 328 g/mol. The number of methoxy groups -OCH3 is 1. The van der Waals surface area contributed by atoms with Gasteiger partial charge in [0.2, 0.25) is 0 Å². The number of carbonyl (C=O) groups is 2. The molecule has 1 heterocycles. The van der Waals surface area contributed by atoms with Crippen LogP contribution in [-0.2, 0) is 20.9 Å². The van der Waals surface area contributed by atoms with Crippen molar-refractivity contribution in [3.05, 3.63) is 41.6 Å². The summed E-state index contributed by atoms with van der Waals surface area (Å²) in [4.78, 5) is 25.5. The van der Waals surface area contributed by atoms with Crippen molar-refractivity contribution in [1.82, 2.24) is 4.90 Å². The van der Waals surface area contributed by atoms with Gasteiger partial charge in [-0.2, -0.15) is 5.26 Å². The van der Waals surface area contributed by atoms with E-state index in [0.717, 1.165) is 11.8 Å². The Hall–Kier alpha value is -2.81. The number of allylic oxidation sites excluding steroid dienone is 1. The molecule has 1 aliphatic rings. The summed E-state index contributed by atoms with van der Waals surface area (Å²) < 4.78 is 10.3. The molecule has 0 amide bonds. The van der Waals surface area contributed by atoms with Gasteiger partial charge in [0.1, 0.15) is 18.1 Å². The Morgan fingerprint density at radius 2 is 2.29 bits per heavy atom. The summed E-state index contributed by atoms with van der Waals surface area (Å²) in [7, 11) is 1.58. The Morgan fingerprint density at radius 1 is 1.50 bits per heavy atom. The highest BCUT2D eigenvalue weighted by Crippen LogP contribution is 2.28. The van der Waals surface area contributed by atoms with E-state index in [9.17, 15) is 14.9 Å². The molecule has 2 atom stereocenters. The van der Waals surface area contributed by atoms with E-state index in [0.29, 0.717) is 17.9 Å². The second kappa shape index (κ2) is 8.16. The predicted molar refractivity (Wildman–Crippen MR) is 86.8 cm³/mol. The van der Waals surface area contributed by atoms with E-state index in [1.165, 1.54) is 0 Å². The van der Waals surface area contributed by atoms with Gasteiger partial charge in [0, 0.05) is 18.3 Å². The number of nitriles is 1. The molecule has 126 valence electrons. The highest BCUT2D eigenvalue weighted by atomic mass is 16.5. The Kier molecular flexibility index (Phi) is 5.96. The molecule has 0 saturated heterocycles. The van der Waals surface area contributed by atoms with E-state index in [-0.39, 0.29) is 13.0 Å². The number of ether oxygens (including phenoxy) is 2. The molecule has 1 aromatic rings. The highest BCUT2D eigenvalue weighted by molar-refractivity contribution is 5.81. The summed E-state index contributed by atoms with van der Waals surface area (Å²) in [6, 6.07) is 8.78. The highest BCUT2D eigenvalue weighted by Gasteiger charge is 2.37. The molecule has 0 unspecified atom stereocenters. The summed E-state index contributed by atoms with van der Waals surface area (Å²) >= 11 is 0. The zero-order valence-corrected chi connectivity index (χ0v) is 13.8. The van der Waals surface area contributed by atoms with Gasteiger partial charge >= 0.3 is 5.97 Å². The third kappa shape index (κ3) is 3.93. The number of hydrogen-bond acceptors (Lipinski definition) is 6. The number of esters is 1. The van der Waals surface area contributed by atoms with Crippen molar-refractivity contribution in [3.8, 4) is 11.8 Å². The van der Waals surface area contributed by atoms with Crippen LogP contribution >= 0.6 is 0 Å². The van der Waals surface area contributed by atoms with Gasteiger partial charge in [0.15, 0.2) is 0 Å². The van der Waals surface area contributed by atoms with Gasteiger partial charge in [-0.15, -0.1) is 0 Å². The molecule has 0 aromatic heterocycles. The van der Waals surface area contributed by atoms with Crippen molar-refractivity contribution in [2.24, 2.45) is 5.92 Å². The first-order valence-corrected chi connectivity index (χ1v) is 7.74. The van der Waals surface area contributed by atoms with Crippen LogP contribution in [0, 0.1) is 17.2 Å². The minimum atomic E-state index is -0.731. The zero-order chi connectivity index (χ0) is 17.5. The molecule has 0 aliphatic carbocycles. The van der Waals surface area contributed by atoms with Gasteiger partial charge in [-0.25, -0.2) is 4.79 Å². The first-order valence-electron chi connectivity index (χ1n) is 7.74. The molecule has 0 bridgehead atoms. The van der Waals surface area contributed by atoms with Gasteiger partial charge in [0.05, 0.1) is 25.7 Å². The van der Waals surface area contributed by atoms with Crippen molar-refractivity contribution in [3.63, 3.8) is 0 Å². The van der Waals surface area contributed by atoms with Gasteiger partial charge in [0.25, 0.3) is 0 Å². The molecular formula is C18H20N2O4. The molecule has 6 heteroatoms. The molecule has 0 spiro atoms. The quantitative estimate of drug-likeness (QED) is 0.587. The molecule has 2 rings (SSSR count). The fourth-order valence-corrected chi connectivity index (χ4v) is 2.81. The summed E-state index contributed by atoms with van der Waals surface area (Å²) in [5.41, 5.74) is 1.37. The second-order valence-electron chi connectivity index (χ2n) is 5.49. The van der Waals surface area contributed by atoms with E-state index < -0.39 is 17.9 Å². The van der Waals surface area contributed by atoms with E-state index >= 15 is 0 Å². The standard InChI is InChI=1S/C18H20N2O4/c1-3-24-18(22)17-15(12-21)7-14(9-19)11-20(17)10-13-5-4-6-16(8-13)23-2/h4-6,8,11-12,15,17H,3,7,10H2,1-2H3/t15-,17+/m1/s1. The van der Waals surface area contributed by atoms with Gasteiger partial charge < -0.3 is 19.2 Å². The van der Waals surface area contributed by atoms with Crippen LogP contribution in [0.1, 0.15) is 18.9 Å². The van der Waals surface area contributed by atoms with Crippen molar-refractivity contribution in [2.75, 3.05) is 13.7 Å². The maximum atomic E-state index is 12.3. The van der Waals surface area contributed by atoms with E-state index in [2.05, 4.69) is 6.07 Å². The number of hydrogen-bond donors (Lipinski definition) is 0. The first kappa shape index (κ1) is 17.5. The van der Waals surface area contributed by atoms with Crippen LogP contribution in [-0.4, -0.2) is 36.9 Å². The molecule has 0 saturated carbocycles. The normalized spacial score (nSPS) is 19.9. The van der Waals surface area contributed by atoms with Crippen molar-refractivity contribution in [2.45, 2.75) is 25.9 Å². The third-order valence-corrected chi connectivity index (χ3v) is 3.89. The van der Waals surface area contributed by atoms with Crippen LogP contribution in [0.15, 0.2) is 36.0 Å². The molecule has 24 heavy (non-hydrogen) atoms. The second-order valence-corrected chi connectivity index (χ2v) is 5.49. The molecule has 1 aliphatic heterocycles. The Morgan fingerprint density at radius 3 is 2.92 bits per heavy atom.